The normalized spacial score (nSPS) is 10.5. The summed E-state index contributed by atoms with van der Waals surface area (Å²) in [5.41, 5.74) is 4.25. The van der Waals surface area contributed by atoms with Gasteiger partial charge >= 0.3 is 11.9 Å². The Hall–Kier alpha value is -4.23. The van der Waals surface area contributed by atoms with Crippen LogP contribution in [0, 0.1) is 0 Å². The van der Waals surface area contributed by atoms with Crippen LogP contribution in [0.2, 0.25) is 0 Å². The van der Waals surface area contributed by atoms with Gasteiger partial charge in [0, 0.05) is 10.9 Å². The van der Waals surface area contributed by atoms with Crippen LogP contribution >= 0.6 is 11.3 Å². The molecule has 4 rings (SSSR count). The van der Waals surface area contributed by atoms with Crippen LogP contribution in [0.4, 0.5) is 5.00 Å². The third kappa shape index (κ3) is 6.71. The number of ether oxygens (including phenoxy) is 2. The Morgan fingerprint density at radius 2 is 1.46 bits per heavy atom. The van der Waals surface area contributed by atoms with Crippen molar-refractivity contribution >= 4 is 34.2 Å². The predicted octanol–water partition coefficient (Wildman–Crippen LogP) is 6.17. The van der Waals surface area contributed by atoms with Gasteiger partial charge in [0.05, 0.1) is 12.2 Å². The van der Waals surface area contributed by atoms with Gasteiger partial charge in [-0.2, -0.15) is 0 Å². The first-order chi connectivity index (χ1) is 18.1. The molecule has 0 saturated carbocycles. The van der Waals surface area contributed by atoms with E-state index in [2.05, 4.69) is 5.32 Å². The third-order valence-corrected chi connectivity index (χ3v) is 6.60. The van der Waals surface area contributed by atoms with Crippen molar-refractivity contribution in [2.24, 2.45) is 0 Å². The molecule has 7 heteroatoms. The lowest BCUT2D eigenvalue weighted by atomic mass is 10.00. The first-order valence-electron chi connectivity index (χ1n) is 12.0. The van der Waals surface area contributed by atoms with E-state index in [4.69, 9.17) is 9.47 Å². The van der Waals surface area contributed by atoms with Crippen LogP contribution < -0.4 is 5.32 Å². The molecule has 1 N–H and O–H groups in total. The summed E-state index contributed by atoms with van der Waals surface area (Å²) in [6, 6.07) is 26.7. The Kier molecular flexibility index (Phi) is 8.84. The lowest BCUT2D eigenvalue weighted by molar-refractivity contribution is -0.119. The van der Waals surface area contributed by atoms with Crippen molar-refractivity contribution in [3.63, 3.8) is 0 Å². The second-order valence-corrected chi connectivity index (χ2v) is 9.09. The smallest absolute Gasteiger partial charge is 0.341 e. The van der Waals surface area contributed by atoms with Gasteiger partial charge < -0.3 is 14.8 Å². The Labute approximate surface area is 219 Å². The number of esters is 2. The van der Waals surface area contributed by atoms with Crippen LogP contribution in [-0.4, -0.2) is 31.1 Å². The molecule has 0 aliphatic rings. The lowest BCUT2D eigenvalue weighted by Gasteiger charge is -2.11. The van der Waals surface area contributed by atoms with E-state index in [1.807, 2.05) is 72.8 Å². The summed E-state index contributed by atoms with van der Waals surface area (Å²) in [4.78, 5) is 38.2. The average Bonchev–Trinajstić information content (AvgIpc) is 3.35. The van der Waals surface area contributed by atoms with Gasteiger partial charge in [0.25, 0.3) is 5.91 Å². The summed E-state index contributed by atoms with van der Waals surface area (Å²) >= 11 is 1.22. The highest BCUT2D eigenvalue weighted by Crippen LogP contribution is 2.36. The maximum atomic E-state index is 12.8. The first kappa shape index (κ1) is 25.9. The van der Waals surface area contributed by atoms with Crippen LogP contribution in [0.15, 0.2) is 90.3 Å². The number of hydrogen-bond acceptors (Lipinski definition) is 6. The number of rotatable bonds is 10. The molecule has 0 bridgehead atoms. The van der Waals surface area contributed by atoms with Crippen LogP contribution in [-0.2, 0) is 27.1 Å². The van der Waals surface area contributed by atoms with Gasteiger partial charge in [0.1, 0.15) is 10.6 Å². The van der Waals surface area contributed by atoms with Gasteiger partial charge in [-0.3, -0.25) is 4.79 Å². The molecule has 37 heavy (non-hydrogen) atoms. The molecule has 0 atom stereocenters. The number of benzene rings is 3. The number of thiophene rings is 1. The van der Waals surface area contributed by atoms with E-state index in [0.717, 1.165) is 17.5 Å². The predicted molar refractivity (Wildman–Crippen MR) is 145 cm³/mol. The van der Waals surface area contributed by atoms with Gasteiger partial charge in [0.2, 0.25) is 0 Å². The Morgan fingerprint density at radius 3 is 2.19 bits per heavy atom. The molecule has 0 aliphatic heterocycles. The molecule has 1 heterocycles. The van der Waals surface area contributed by atoms with E-state index in [9.17, 15) is 14.4 Å². The molecule has 0 unspecified atom stereocenters. The molecule has 1 aromatic heterocycles. The van der Waals surface area contributed by atoms with Crippen LogP contribution in [0.3, 0.4) is 0 Å². The fraction of sp³-hybridized carbons (Fsp3) is 0.167. The summed E-state index contributed by atoms with van der Waals surface area (Å²) in [7, 11) is 0. The number of anilines is 1. The standard InChI is InChI=1S/C30H27NO5S/c1-2-35-30(34)27-25(22-13-7-4-8-14-22)20-37-28(27)31-26(32)19-36-29(33)24-16-10-9-15-23(24)18-17-21-11-5-3-6-12-21/h3-16,20H,2,17-19H2,1H3,(H,31,32). The molecule has 188 valence electrons. The van der Waals surface area contributed by atoms with E-state index in [1.165, 1.54) is 16.9 Å². The fourth-order valence-corrected chi connectivity index (χ4v) is 4.89. The van der Waals surface area contributed by atoms with Crippen molar-refractivity contribution < 1.29 is 23.9 Å². The third-order valence-electron chi connectivity index (χ3n) is 5.71. The van der Waals surface area contributed by atoms with Crippen molar-refractivity contribution in [2.45, 2.75) is 19.8 Å². The number of carbonyl (C=O) groups is 3. The maximum Gasteiger partial charge on any atom is 0.341 e. The van der Waals surface area contributed by atoms with E-state index >= 15 is 0 Å². The molecular weight excluding hydrogens is 486 g/mol. The second kappa shape index (κ2) is 12.6. The summed E-state index contributed by atoms with van der Waals surface area (Å²) in [6.07, 6.45) is 1.45. The van der Waals surface area contributed by atoms with Crippen LogP contribution in [0.25, 0.3) is 11.1 Å². The second-order valence-electron chi connectivity index (χ2n) is 8.21. The molecule has 1 amide bonds. The molecule has 0 radical (unpaired) electrons. The monoisotopic (exact) mass is 513 g/mol. The maximum absolute atomic E-state index is 12.8. The highest BCUT2D eigenvalue weighted by atomic mass is 32.1. The molecule has 0 fully saturated rings. The van der Waals surface area contributed by atoms with Crippen molar-refractivity contribution in [3.8, 4) is 11.1 Å². The van der Waals surface area contributed by atoms with Gasteiger partial charge in [0.15, 0.2) is 6.61 Å². The van der Waals surface area contributed by atoms with E-state index < -0.39 is 24.5 Å². The van der Waals surface area contributed by atoms with E-state index in [-0.39, 0.29) is 12.2 Å². The molecular formula is C30H27NO5S. The quantitative estimate of drug-likeness (QED) is 0.256. The van der Waals surface area contributed by atoms with Crippen molar-refractivity contribution in [1.82, 2.24) is 0 Å². The van der Waals surface area contributed by atoms with Gasteiger partial charge in [-0.1, -0.05) is 78.9 Å². The summed E-state index contributed by atoms with van der Waals surface area (Å²) in [6.45, 7) is 1.45. The molecule has 0 aliphatic carbocycles. The van der Waals surface area contributed by atoms with Gasteiger partial charge in [-0.25, -0.2) is 9.59 Å². The van der Waals surface area contributed by atoms with E-state index in [0.29, 0.717) is 22.5 Å². The van der Waals surface area contributed by atoms with Crippen molar-refractivity contribution in [3.05, 3.63) is 113 Å². The topological polar surface area (TPSA) is 81.7 Å². The van der Waals surface area contributed by atoms with Gasteiger partial charge in [-0.15, -0.1) is 11.3 Å². The average molecular weight is 514 g/mol. The number of nitrogens with one attached hydrogen (secondary N) is 1. The number of hydrogen-bond donors (Lipinski definition) is 1. The van der Waals surface area contributed by atoms with Crippen LogP contribution in [0.5, 0.6) is 0 Å². The number of carbonyl (C=O) groups excluding carboxylic acids is 3. The highest BCUT2D eigenvalue weighted by molar-refractivity contribution is 7.15. The van der Waals surface area contributed by atoms with Crippen molar-refractivity contribution in [1.29, 1.82) is 0 Å². The fourth-order valence-electron chi connectivity index (χ4n) is 3.92. The lowest BCUT2D eigenvalue weighted by Crippen LogP contribution is -2.22. The number of aryl methyl sites for hydroxylation is 2. The van der Waals surface area contributed by atoms with Crippen LogP contribution in [0.1, 0.15) is 38.8 Å². The first-order valence-corrected chi connectivity index (χ1v) is 12.9. The van der Waals surface area contributed by atoms with Gasteiger partial charge in [-0.05, 0) is 42.5 Å². The molecule has 0 saturated heterocycles. The zero-order valence-corrected chi connectivity index (χ0v) is 21.3. The zero-order valence-electron chi connectivity index (χ0n) is 20.4. The molecule has 4 aromatic rings. The molecule has 6 nitrogen and oxygen atoms in total. The minimum absolute atomic E-state index is 0.206. The minimum Gasteiger partial charge on any atom is -0.462 e. The summed E-state index contributed by atoms with van der Waals surface area (Å²) < 4.78 is 10.6. The van der Waals surface area contributed by atoms with Crippen molar-refractivity contribution in [2.75, 3.05) is 18.5 Å². The Bertz CT molecular complexity index is 1370. The largest absolute Gasteiger partial charge is 0.462 e. The zero-order chi connectivity index (χ0) is 26.0. The molecule has 0 spiro atoms. The number of amides is 1. The Morgan fingerprint density at radius 1 is 0.784 bits per heavy atom. The Balaban J connectivity index is 1.42. The highest BCUT2D eigenvalue weighted by Gasteiger charge is 2.23. The summed E-state index contributed by atoms with van der Waals surface area (Å²) in [5, 5.41) is 4.86. The molecule has 3 aromatic carbocycles. The summed E-state index contributed by atoms with van der Waals surface area (Å²) in [5.74, 6) is -1.63. The minimum atomic E-state index is -0.569. The SMILES string of the molecule is CCOC(=O)c1c(-c2ccccc2)csc1NC(=O)COC(=O)c1ccccc1CCc1ccccc1. The van der Waals surface area contributed by atoms with E-state index in [1.54, 1.807) is 24.4 Å².